The van der Waals surface area contributed by atoms with Gasteiger partial charge in [-0.3, -0.25) is 4.79 Å². The van der Waals surface area contributed by atoms with Gasteiger partial charge in [0.15, 0.2) is 11.5 Å². The Morgan fingerprint density at radius 2 is 1.74 bits per heavy atom. The van der Waals surface area contributed by atoms with Gasteiger partial charge in [-0.1, -0.05) is 6.07 Å². The number of hydrogen-bond donors (Lipinski definition) is 1. The molecular formula is C20H22BrNO5. The first-order valence-electron chi connectivity index (χ1n) is 8.19. The fraction of sp³-hybridized carbons (Fsp3) is 0.250. The predicted molar refractivity (Wildman–Crippen MR) is 109 cm³/mol. The molecule has 2 rings (SSSR count). The molecule has 2 N–H and O–H groups in total. The van der Waals surface area contributed by atoms with E-state index >= 15 is 0 Å². The summed E-state index contributed by atoms with van der Waals surface area (Å²) in [6.07, 6.45) is 1.69. The van der Waals surface area contributed by atoms with E-state index in [-0.39, 0.29) is 5.78 Å². The monoisotopic (exact) mass is 435 g/mol. The molecule has 0 saturated heterocycles. The average Bonchev–Trinajstić information content (AvgIpc) is 2.68. The van der Waals surface area contributed by atoms with Gasteiger partial charge in [0.05, 0.1) is 43.7 Å². The third kappa shape index (κ3) is 4.54. The standard InChI is InChI=1S/C20H22BrNO5/c1-5-27-17-11-12(6-8-15(17)22)10-14(21)18(23)13-7-9-16(24-2)20(26-4)19(13)25-3/h6-11H,5,22H2,1-4H3. The van der Waals surface area contributed by atoms with Gasteiger partial charge in [-0.2, -0.15) is 0 Å². The number of nitrogens with two attached hydrogens (primary N) is 1. The van der Waals surface area contributed by atoms with Gasteiger partial charge >= 0.3 is 0 Å². The Morgan fingerprint density at radius 3 is 2.33 bits per heavy atom. The molecule has 0 atom stereocenters. The third-order valence-corrected chi connectivity index (χ3v) is 4.39. The smallest absolute Gasteiger partial charge is 0.204 e. The van der Waals surface area contributed by atoms with Crippen molar-refractivity contribution in [3.8, 4) is 23.0 Å². The van der Waals surface area contributed by atoms with E-state index in [1.165, 1.54) is 21.3 Å². The number of halogens is 1. The Bertz CT molecular complexity index is 864. The molecule has 27 heavy (non-hydrogen) atoms. The first kappa shape index (κ1) is 20.6. The Balaban J connectivity index is 2.43. The van der Waals surface area contributed by atoms with Crippen LogP contribution in [0.5, 0.6) is 23.0 Å². The molecule has 0 saturated carbocycles. The Morgan fingerprint density at radius 1 is 1.04 bits per heavy atom. The maximum absolute atomic E-state index is 12.9. The van der Waals surface area contributed by atoms with Crippen molar-refractivity contribution < 1.29 is 23.7 Å². The number of rotatable bonds is 8. The Kier molecular flexibility index (Phi) is 7.12. The largest absolute Gasteiger partial charge is 0.493 e. The molecule has 0 aliphatic heterocycles. The van der Waals surface area contributed by atoms with E-state index in [9.17, 15) is 4.79 Å². The molecule has 0 heterocycles. The second kappa shape index (κ2) is 9.32. The van der Waals surface area contributed by atoms with Crippen LogP contribution in [0.25, 0.3) is 6.08 Å². The minimum absolute atomic E-state index is 0.261. The zero-order valence-electron chi connectivity index (χ0n) is 15.7. The number of allylic oxidation sites excluding steroid dienone is 1. The number of hydrogen-bond acceptors (Lipinski definition) is 6. The van der Waals surface area contributed by atoms with Gasteiger partial charge in [0.2, 0.25) is 11.5 Å². The van der Waals surface area contributed by atoms with E-state index in [0.29, 0.717) is 45.3 Å². The number of benzene rings is 2. The minimum Gasteiger partial charge on any atom is -0.493 e. The van der Waals surface area contributed by atoms with Crippen molar-refractivity contribution in [2.24, 2.45) is 0 Å². The van der Waals surface area contributed by atoms with Crippen molar-refractivity contribution in [2.75, 3.05) is 33.7 Å². The summed E-state index contributed by atoms with van der Waals surface area (Å²) in [5, 5.41) is 0. The molecule has 7 heteroatoms. The van der Waals surface area contributed by atoms with E-state index in [2.05, 4.69) is 15.9 Å². The lowest BCUT2D eigenvalue weighted by atomic mass is 10.1. The fourth-order valence-electron chi connectivity index (χ4n) is 2.54. The zero-order chi connectivity index (χ0) is 20.0. The van der Waals surface area contributed by atoms with Gasteiger partial charge in [-0.05, 0) is 58.8 Å². The molecule has 0 aliphatic carbocycles. The van der Waals surface area contributed by atoms with E-state index in [1.54, 1.807) is 36.4 Å². The van der Waals surface area contributed by atoms with Crippen molar-refractivity contribution >= 4 is 33.5 Å². The van der Waals surface area contributed by atoms with Gasteiger partial charge in [0.25, 0.3) is 0 Å². The average molecular weight is 436 g/mol. The van der Waals surface area contributed by atoms with E-state index in [1.807, 2.05) is 6.92 Å². The number of carbonyl (C=O) groups excluding carboxylic acids is 1. The van der Waals surface area contributed by atoms with Crippen molar-refractivity contribution in [3.63, 3.8) is 0 Å². The molecule has 0 bridgehead atoms. The zero-order valence-corrected chi connectivity index (χ0v) is 17.3. The van der Waals surface area contributed by atoms with E-state index in [4.69, 9.17) is 24.7 Å². The first-order chi connectivity index (χ1) is 13.0. The minimum atomic E-state index is -0.261. The molecule has 6 nitrogen and oxygen atoms in total. The molecule has 0 amide bonds. The lowest BCUT2D eigenvalue weighted by Gasteiger charge is -2.15. The maximum atomic E-state index is 12.9. The first-order valence-corrected chi connectivity index (χ1v) is 8.99. The summed E-state index contributed by atoms with van der Waals surface area (Å²) in [5.41, 5.74) is 7.54. The molecule has 0 fully saturated rings. The molecule has 0 aliphatic rings. The van der Waals surface area contributed by atoms with E-state index < -0.39 is 0 Å². The van der Waals surface area contributed by atoms with Crippen LogP contribution in [-0.4, -0.2) is 33.7 Å². The second-order valence-electron chi connectivity index (χ2n) is 5.43. The highest BCUT2D eigenvalue weighted by Gasteiger charge is 2.22. The molecular weight excluding hydrogens is 414 g/mol. The quantitative estimate of drug-likeness (QED) is 0.377. The summed E-state index contributed by atoms with van der Waals surface area (Å²) in [6, 6.07) is 8.60. The van der Waals surface area contributed by atoms with Crippen LogP contribution in [0.2, 0.25) is 0 Å². The van der Waals surface area contributed by atoms with Gasteiger partial charge in [0, 0.05) is 0 Å². The molecule has 0 aromatic heterocycles. The van der Waals surface area contributed by atoms with Gasteiger partial charge in [0.1, 0.15) is 5.75 Å². The Hall–Kier alpha value is -2.67. The van der Waals surface area contributed by atoms with Crippen molar-refractivity contribution in [2.45, 2.75) is 6.92 Å². The third-order valence-electron chi connectivity index (χ3n) is 3.80. The highest BCUT2D eigenvalue weighted by atomic mass is 79.9. The van der Waals surface area contributed by atoms with Gasteiger partial charge in [-0.25, -0.2) is 0 Å². The fourth-order valence-corrected chi connectivity index (χ4v) is 3.02. The van der Waals surface area contributed by atoms with Gasteiger partial charge in [-0.15, -0.1) is 0 Å². The van der Waals surface area contributed by atoms with Crippen LogP contribution < -0.4 is 24.7 Å². The highest BCUT2D eigenvalue weighted by molar-refractivity contribution is 9.12. The molecule has 2 aromatic rings. The van der Waals surface area contributed by atoms with Crippen LogP contribution in [0.15, 0.2) is 34.8 Å². The van der Waals surface area contributed by atoms with Crippen LogP contribution in [0, 0.1) is 0 Å². The lowest BCUT2D eigenvalue weighted by molar-refractivity contribution is 0.104. The SMILES string of the molecule is CCOc1cc(C=C(Br)C(=O)c2ccc(OC)c(OC)c2OC)ccc1N. The summed E-state index contributed by atoms with van der Waals surface area (Å²) >= 11 is 3.36. The van der Waals surface area contributed by atoms with Crippen LogP contribution in [0.4, 0.5) is 5.69 Å². The number of carbonyl (C=O) groups is 1. The molecule has 0 radical (unpaired) electrons. The summed E-state index contributed by atoms with van der Waals surface area (Å²) in [4.78, 5) is 12.9. The number of nitrogen functional groups attached to an aromatic ring is 1. The molecule has 144 valence electrons. The summed E-state index contributed by atoms with van der Waals surface area (Å²) in [5.74, 6) is 1.45. The number of anilines is 1. The summed E-state index contributed by atoms with van der Waals surface area (Å²) < 4.78 is 21.8. The van der Waals surface area contributed by atoms with Crippen LogP contribution >= 0.6 is 15.9 Å². The number of ether oxygens (including phenoxy) is 4. The van der Waals surface area contributed by atoms with Crippen LogP contribution in [0.1, 0.15) is 22.8 Å². The number of ketones is 1. The second-order valence-corrected chi connectivity index (χ2v) is 6.29. The van der Waals surface area contributed by atoms with Gasteiger partial charge < -0.3 is 24.7 Å². The van der Waals surface area contributed by atoms with E-state index in [0.717, 1.165) is 5.56 Å². The van der Waals surface area contributed by atoms with Crippen LogP contribution in [0.3, 0.4) is 0 Å². The number of methoxy groups -OCH3 is 3. The van der Waals surface area contributed by atoms with Crippen LogP contribution in [-0.2, 0) is 0 Å². The van der Waals surface area contributed by atoms with Crippen molar-refractivity contribution in [1.29, 1.82) is 0 Å². The predicted octanol–water partition coefficient (Wildman–Crippen LogP) is 4.31. The van der Waals surface area contributed by atoms with Crippen molar-refractivity contribution in [1.82, 2.24) is 0 Å². The Labute approximate surface area is 167 Å². The van der Waals surface area contributed by atoms with Crippen molar-refractivity contribution in [3.05, 3.63) is 45.9 Å². The maximum Gasteiger partial charge on any atom is 0.204 e. The topological polar surface area (TPSA) is 80.0 Å². The number of Topliss-reactive ketones (excluding diaryl/α,β-unsaturated/α-hetero) is 1. The molecule has 0 unspecified atom stereocenters. The summed E-state index contributed by atoms with van der Waals surface area (Å²) in [7, 11) is 4.48. The highest BCUT2D eigenvalue weighted by Crippen LogP contribution is 2.41. The molecule has 0 spiro atoms. The summed E-state index contributed by atoms with van der Waals surface area (Å²) in [6.45, 7) is 2.38. The molecule has 2 aromatic carbocycles. The lowest BCUT2D eigenvalue weighted by Crippen LogP contribution is -2.05. The normalized spacial score (nSPS) is 11.1.